The Kier molecular flexibility index (Phi) is 5.78. The number of carbonyl (C=O) groups is 1. The molecule has 0 spiro atoms. The number of rotatable bonds is 6. The lowest BCUT2D eigenvalue weighted by atomic mass is 10.4. The molecule has 0 saturated heterocycles. The van der Waals surface area contributed by atoms with Gasteiger partial charge in [0.1, 0.15) is 0 Å². The first-order valence-corrected chi connectivity index (χ1v) is 3.63. The van der Waals surface area contributed by atoms with Crippen molar-refractivity contribution in [2.45, 2.75) is 6.42 Å². The summed E-state index contributed by atoms with van der Waals surface area (Å²) in [7, 11) is 3.94. The second-order valence-electron chi connectivity index (χ2n) is 2.63. The van der Waals surface area contributed by atoms with E-state index < -0.39 is 0 Å². The van der Waals surface area contributed by atoms with Crippen LogP contribution in [0.1, 0.15) is 6.42 Å². The van der Waals surface area contributed by atoms with Gasteiger partial charge in [0, 0.05) is 13.0 Å². The number of hydrogen-bond donors (Lipinski definition) is 1. The van der Waals surface area contributed by atoms with Crippen LogP contribution in [0, 0.1) is 0 Å². The van der Waals surface area contributed by atoms with Gasteiger partial charge in [-0.1, -0.05) is 0 Å². The van der Waals surface area contributed by atoms with Crippen molar-refractivity contribution in [2.75, 3.05) is 33.9 Å². The average molecular weight is 160 g/mol. The molecule has 11 heavy (non-hydrogen) atoms. The van der Waals surface area contributed by atoms with Crippen LogP contribution in [0.5, 0.6) is 0 Å². The van der Waals surface area contributed by atoms with Crippen LogP contribution in [0.25, 0.3) is 0 Å². The number of carbonyl (C=O) groups excluding carboxylic acids is 1. The molecule has 0 atom stereocenters. The molecule has 0 fully saturated rings. The van der Waals surface area contributed by atoms with Gasteiger partial charge in [-0.05, 0) is 14.1 Å². The van der Waals surface area contributed by atoms with Gasteiger partial charge in [0.05, 0.1) is 13.2 Å². The molecule has 1 amide bonds. The maximum Gasteiger partial charge on any atom is 0.219 e. The molecule has 0 aliphatic carbocycles. The van der Waals surface area contributed by atoms with E-state index in [0.717, 1.165) is 6.54 Å². The summed E-state index contributed by atoms with van der Waals surface area (Å²) in [5.74, 6) is -0.310. The van der Waals surface area contributed by atoms with E-state index in [9.17, 15) is 4.79 Å². The van der Waals surface area contributed by atoms with E-state index in [4.69, 9.17) is 10.5 Å². The molecule has 0 aromatic heterocycles. The Hall–Kier alpha value is -0.610. The van der Waals surface area contributed by atoms with Gasteiger partial charge in [0.25, 0.3) is 0 Å². The van der Waals surface area contributed by atoms with E-state index in [2.05, 4.69) is 0 Å². The molecule has 0 rings (SSSR count). The number of amides is 1. The van der Waals surface area contributed by atoms with Crippen LogP contribution in [0.4, 0.5) is 0 Å². The summed E-state index contributed by atoms with van der Waals surface area (Å²) in [6.07, 6.45) is 0.313. The molecule has 4 nitrogen and oxygen atoms in total. The Morgan fingerprint density at radius 2 is 2.09 bits per heavy atom. The van der Waals surface area contributed by atoms with Gasteiger partial charge in [-0.3, -0.25) is 4.79 Å². The van der Waals surface area contributed by atoms with E-state index in [-0.39, 0.29) is 5.91 Å². The third kappa shape index (κ3) is 9.39. The minimum absolute atomic E-state index is 0.310. The maximum atomic E-state index is 10.2. The number of primary amides is 1. The summed E-state index contributed by atoms with van der Waals surface area (Å²) in [5, 5.41) is 0. The molecule has 66 valence electrons. The normalized spacial score (nSPS) is 10.5. The highest BCUT2D eigenvalue weighted by Gasteiger charge is 1.94. The van der Waals surface area contributed by atoms with Crippen molar-refractivity contribution in [3.05, 3.63) is 0 Å². The molecule has 0 radical (unpaired) electrons. The van der Waals surface area contributed by atoms with E-state index in [0.29, 0.717) is 19.6 Å². The second kappa shape index (κ2) is 6.12. The van der Waals surface area contributed by atoms with Gasteiger partial charge in [-0.2, -0.15) is 0 Å². The molecular formula is C7H16N2O2. The molecule has 0 unspecified atom stereocenters. The first kappa shape index (κ1) is 10.4. The van der Waals surface area contributed by atoms with Gasteiger partial charge < -0.3 is 15.4 Å². The molecule has 0 aliphatic rings. The largest absolute Gasteiger partial charge is 0.380 e. The number of nitrogens with two attached hydrogens (primary N) is 1. The van der Waals surface area contributed by atoms with Crippen molar-refractivity contribution in [1.82, 2.24) is 4.90 Å². The summed E-state index contributed by atoms with van der Waals surface area (Å²) >= 11 is 0. The van der Waals surface area contributed by atoms with Gasteiger partial charge >= 0.3 is 0 Å². The number of nitrogens with zero attached hydrogens (tertiary/aromatic N) is 1. The van der Waals surface area contributed by atoms with Crippen LogP contribution in [0.3, 0.4) is 0 Å². The van der Waals surface area contributed by atoms with Crippen LogP contribution in [0.2, 0.25) is 0 Å². The summed E-state index contributed by atoms with van der Waals surface area (Å²) in [5.41, 5.74) is 4.91. The molecule has 0 aliphatic heterocycles. The van der Waals surface area contributed by atoms with E-state index in [1.54, 1.807) is 0 Å². The lowest BCUT2D eigenvalue weighted by molar-refractivity contribution is -0.119. The average Bonchev–Trinajstić information content (AvgIpc) is 1.85. The summed E-state index contributed by atoms with van der Waals surface area (Å²) in [6, 6.07) is 0. The highest BCUT2D eigenvalue weighted by atomic mass is 16.5. The van der Waals surface area contributed by atoms with Gasteiger partial charge in [-0.15, -0.1) is 0 Å². The Morgan fingerprint density at radius 3 is 2.55 bits per heavy atom. The van der Waals surface area contributed by atoms with Crippen LogP contribution in [0.15, 0.2) is 0 Å². The second-order valence-corrected chi connectivity index (χ2v) is 2.63. The standard InChI is InChI=1S/C7H16N2O2/c1-9(2)4-6-11-5-3-7(8)10/h3-6H2,1-2H3,(H2,8,10). The van der Waals surface area contributed by atoms with Gasteiger partial charge in [0.2, 0.25) is 5.91 Å². The van der Waals surface area contributed by atoms with E-state index in [1.807, 2.05) is 19.0 Å². The summed E-state index contributed by atoms with van der Waals surface area (Å²) < 4.78 is 5.11. The minimum atomic E-state index is -0.310. The van der Waals surface area contributed by atoms with Crippen LogP contribution >= 0.6 is 0 Å². The highest BCUT2D eigenvalue weighted by molar-refractivity contribution is 5.73. The molecule has 4 heteroatoms. The van der Waals surface area contributed by atoms with E-state index >= 15 is 0 Å². The number of likely N-dealkylation sites (N-methyl/N-ethyl adjacent to an activating group) is 1. The third-order valence-electron chi connectivity index (χ3n) is 1.18. The van der Waals surface area contributed by atoms with Crippen molar-refractivity contribution in [3.63, 3.8) is 0 Å². The number of ether oxygens (including phenoxy) is 1. The minimum Gasteiger partial charge on any atom is -0.380 e. The zero-order valence-electron chi connectivity index (χ0n) is 7.17. The lowest BCUT2D eigenvalue weighted by Gasteiger charge is -2.08. The molecule has 0 bridgehead atoms. The van der Waals surface area contributed by atoms with Crippen LogP contribution < -0.4 is 5.73 Å². The maximum absolute atomic E-state index is 10.2. The van der Waals surface area contributed by atoms with Gasteiger partial charge in [-0.25, -0.2) is 0 Å². The predicted molar refractivity (Wildman–Crippen MR) is 43.2 cm³/mol. The molecular weight excluding hydrogens is 144 g/mol. The Bertz CT molecular complexity index is 115. The fraction of sp³-hybridized carbons (Fsp3) is 0.857. The number of hydrogen-bond acceptors (Lipinski definition) is 3. The van der Waals surface area contributed by atoms with Crippen molar-refractivity contribution in [3.8, 4) is 0 Å². The van der Waals surface area contributed by atoms with Crippen LogP contribution in [-0.4, -0.2) is 44.7 Å². The Labute approximate surface area is 67.3 Å². The summed E-state index contributed by atoms with van der Waals surface area (Å²) in [6.45, 7) is 1.96. The smallest absolute Gasteiger partial charge is 0.219 e. The van der Waals surface area contributed by atoms with Crippen molar-refractivity contribution < 1.29 is 9.53 Å². The fourth-order valence-corrected chi connectivity index (χ4v) is 0.522. The molecule has 0 heterocycles. The predicted octanol–water partition coefficient (Wildman–Crippen LogP) is -0.560. The SMILES string of the molecule is CN(C)CCOCCC(N)=O. The summed E-state index contributed by atoms with van der Waals surface area (Å²) in [4.78, 5) is 12.2. The van der Waals surface area contributed by atoms with Gasteiger partial charge in [0.15, 0.2) is 0 Å². The first-order valence-electron chi connectivity index (χ1n) is 3.63. The zero-order chi connectivity index (χ0) is 8.69. The molecule has 0 aromatic rings. The molecule has 0 aromatic carbocycles. The fourth-order valence-electron chi connectivity index (χ4n) is 0.522. The van der Waals surface area contributed by atoms with E-state index in [1.165, 1.54) is 0 Å². The first-order chi connectivity index (χ1) is 5.13. The topological polar surface area (TPSA) is 55.6 Å². The Morgan fingerprint density at radius 1 is 1.45 bits per heavy atom. The molecule has 0 saturated carbocycles. The Balaban J connectivity index is 2.97. The highest BCUT2D eigenvalue weighted by Crippen LogP contribution is 1.82. The molecule has 2 N–H and O–H groups in total. The monoisotopic (exact) mass is 160 g/mol. The lowest BCUT2D eigenvalue weighted by Crippen LogP contribution is -2.20. The third-order valence-corrected chi connectivity index (χ3v) is 1.18. The van der Waals surface area contributed by atoms with Crippen molar-refractivity contribution in [1.29, 1.82) is 0 Å². The van der Waals surface area contributed by atoms with Crippen molar-refractivity contribution >= 4 is 5.91 Å². The zero-order valence-corrected chi connectivity index (χ0v) is 7.17. The van der Waals surface area contributed by atoms with Crippen LogP contribution in [-0.2, 0) is 9.53 Å². The van der Waals surface area contributed by atoms with Crippen molar-refractivity contribution in [2.24, 2.45) is 5.73 Å². The quantitative estimate of drug-likeness (QED) is 0.530.